The summed E-state index contributed by atoms with van der Waals surface area (Å²) in [4.78, 5) is 25.2. The molecule has 2 rings (SSSR count). The molecule has 2 aromatic heterocycles. The van der Waals surface area contributed by atoms with Gasteiger partial charge in [-0.1, -0.05) is 0 Å². The average molecular weight is 214 g/mol. The summed E-state index contributed by atoms with van der Waals surface area (Å²) in [7, 11) is -4.11. The fourth-order valence-electron chi connectivity index (χ4n) is 1.13. The number of H-pyrrole nitrogens is 1. The highest BCUT2D eigenvalue weighted by Crippen LogP contribution is 2.39. The van der Waals surface area contributed by atoms with E-state index in [1.165, 1.54) is 12.5 Å². The van der Waals surface area contributed by atoms with Crippen LogP contribution in [0.4, 0.5) is 0 Å². The second-order valence-corrected chi connectivity index (χ2v) is 4.42. The average Bonchev–Trinajstić information content (AvgIpc) is 2.49. The molecule has 74 valence electrons. The Hall–Kier alpha value is -1.30. The summed E-state index contributed by atoms with van der Waals surface area (Å²) >= 11 is 0. The topological polar surface area (TPSA) is 112 Å². The van der Waals surface area contributed by atoms with Crippen LogP contribution < -0.4 is 0 Å². The number of hydrogen-bond acceptors (Lipinski definition) is 4. The summed E-state index contributed by atoms with van der Waals surface area (Å²) in [5.74, 6) is 0. The van der Waals surface area contributed by atoms with Crippen molar-refractivity contribution in [2.75, 3.05) is 0 Å². The van der Waals surface area contributed by atoms with Crippen LogP contribution in [0.5, 0.6) is 0 Å². The van der Waals surface area contributed by atoms with E-state index >= 15 is 0 Å². The minimum Gasteiger partial charge on any atom is -0.324 e. The van der Waals surface area contributed by atoms with E-state index in [4.69, 9.17) is 9.79 Å². The summed E-state index contributed by atoms with van der Waals surface area (Å²) < 4.78 is 10.8. The minimum atomic E-state index is -4.11. The van der Waals surface area contributed by atoms with Crippen LogP contribution in [-0.2, 0) is 10.7 Å². The van der Waals surface area contributed by atoms with Gasteiger partial charge in [-0.15, -0.1) is 0 Å². The maximum absolute atomic E-state index is 10.8. The molecule has 0 aliphatic rings. The summed E-state index contributed by atoms with van der Waals surface area (Å²) in [5, 5.41) is 6.30. The van der Waals surface area contributed by atoms with E-state index < -0.39 is 13.8 Å². The standard InChI is InChI=1S/C6H7N4O3P/c11-14(12,13)2-5-6-4(1-9-10-6)7-3-8-5/h1,3H,2H2,(H,9,10)(H2,11,12,13). The van der Waals surface area contributed by atoms with Crippen molar-refractivity contribution in [3.05, 3.63) is 18.2 Å². The van der Waals surface area contributed by atoms with Gasteiger partial charge in [-0.2, -0.15) is 5.10 Å². The molecule has 0 saturated carbocycles. The van der Waals surface area contributed by atoms with Crippen LogP contribution in [0.25, 0.3) is 11.0 Å². The minimum absolute atomic E-state index is 0.279. The molecule has 0 radical (unpaired) electrons. The highest BCUT2D eigenvalue weighted by molar-refractivity contribution is 7.50. The summed E-state index contributed by atoms with van der Waals surface area (Å²) in [6.45, 7) is 0. The van der Waals surface area contributed by atoms with Crippen molar-refractivity contribution in [1.29, 1.82) is 0 Å². The van der Waals surface area contributed by atoms with Gasteiger partial charge in [0.05, 0.1) is 18.1 Å². The highest BCUT2D eigenvalue weighted by atomic mass is 31.2. The number of fused-ring (bicyclic) bond motifs is 1. The van der Waals surface area contributed by atoms with E-state index in [1.54, 1.807) is 0 Å². The Labute approximate surface area is 78.4 Å². The quantitative estimate of drug-likeness (QED) is 0.608. The molecule has 7 nitrogen and oxygen atoms in total. The van der Waals surface area contributed by atoms with Gasteiger partial charge in [0.1, 0.15) is 17.4 Å². The van der Waals surface area contributed by atoms with Crippen LogP contribution in [0.2, 0.25) is 0 Å². The van der Waals surface area contributed by atoms with Gasteiger partial charge < -0.3 is 9.79 Å². The lowest BCUT2D eigenvalue weighted by Crippen LogP contribution is -1.94. The van der Waals surface area contributed by atoms with Crippen LogP contribution in [0.1, 0.15) is 5.69 Å². The second-order valence-electron chi connectivity index (χ2n) is 2.77. The Morgan fingerprint density at radius 2 is 2.21 bits per heavy atom. The Morgan fingerprint density at radius 1 is 1.43 bits per heavy atom. The molecule has 0 spiro atoms. The first kappa shape index (κ1) is 9.26. The molecule has 8 heteroatoms. The molecule has 0 atom stereocenters. The molecule has 0 saturated heterocycles. The van der Waals surface area contributed by atoms with Crippen molar-refractivity contribution in [3.63, 3.8) is 0 Å². The number of aromatic nitrogens is 4. The maximum Gasteiger partial charge on any atom is 0.331 e. The Kier molecular flexibility index (Phi) is 2.07. The van der Waals surface area contributed by atoms with Crippen molar-refractivity contribution in [3.8, 4) is 0 Å². The molecule has 0 unspecified atom stereocenters. The molecule has 0 aliphatic heterocycles. The van der Waals surface area contributed by atoms with E-state index in [0.717, 1.165) is 0 Å². The fraction of sp³-hybridized carbons (Fsp3) is 0.167. The fourth-order valence-corrected chi connectivity index (χ4v) is 1.76. The Balaban J connectivity index is 2.52. The second kappa shape index (κ2) is 3.13. The monoisotopic (exact) mass is 214 g/mol. The van der Waals surface area contributed by atoms with Gasteiger partial charge in [0.2, 0.25) is 0 Å². The van der Waals surface area contributed by atoms with Gasteiger partial charge in [-0.05, 0) is 0 Å². The van der Waals surface area contributed by atoms with E-state index in [0.29, 0.717) is 11.0 Å². The summed E-state index contributed by atoms with van der Waals surface area (Å²) in [6.07, 6.45) is 2.32. The van der Waals surface area contributed by atoms with Crippen LogP contribution in [-0.4, -0.2) is 30.0 Å². The largest absolute Gasteiger partial charge is 0.331 e. The first-order chi connectivity index (χ1) is 6.56. The van der Waals surface area contributed by atoms with E-state index in [-0.39, 0.29) is 5.69 Å². The van der Waals surface area contributed by atoms with Crippen molar-refractivity contribution in [2.24, 2.45) is 0 Å². The van der Waals surface area contributed by atoms with Gasteiger partial charge in [0, 0.05) is 0 Å². The first-order valence-corrected chi connectivity index (χ1v) is 5.53. The number of rotatable bonds is 2. The Bertz CT molecular complexity index is 505. The van der Waals surface area contributed by atoms with E-state index in [2.05, 4.69) is 20.2 Å². The normalized spacial score (nSPS) is 12.1. The smallest absolute Gasteiger partial charge is 0.324 e. The zero-order chi connectivity index (χ0) is 10.2. The molecule has 2 heterocycles. The van der Waals surface area contributed by atoms with Gasteiger partial charge >= 0.3 is 7.60 Å². The molecule has 14 heavy (non-hydrogen) atoms. The predicted octanol–water partition coefficient (Wildman–Crippen LogP) is 0.0306. The van der Waals surface area contributed by atoms with E-state index in [9.17, 15) is 4.57 Å². The molecule has 0 aromatic carbocycles. The zero-order valence-corrected chi connectivity index (χ0v) is 7.85. The number of aromatic amines is 1. The maximum atomic E-state index is 10.8. The number of nitrogens with zero attached hydrogens (tertiary/aromatic N) is 3. The molecule has 0 aliphatic carbocycles. The third-order valence-corrected chi connectivity index (χ3v) is 2.39. The lowest BCUT2D eigenvalue weighted by atomic mass is 10.4. The lowest BCUT2D eigenvalue weighted by molar-refractivity contribution is 0.371. The third-order valence-electron chi connectivity index (χ3n) is 1.67. The molecular formula is C6H7N4O3P. The molecule has 2 aromatic rings. The van der Waals surface area contributed by atoms with Gasteiger partial charge in [-0.25, -0.2) is 9.97 Å². The van der Waals surface area contributed by atoms with Crippen molar-refractivity contribution >= 4 is 18.6 Å². The van der Waals surface area contributed by atoms with E-state index in [1.807, 2.05) is 0 Å². The van der Waals surface area contributed by atoms with Crippen LogP contribution in [0.3, 0.4) is 0 Å². The Morgan fingerprint density at radius 3 is 2.93 bits per heavy atom. The molecule has 0 fully saturated rings. The first-order valence-electron chi connectivity index (χ1n) is 3.74. The number of hydrogen-bond donors (Lipinski definition) is 3. The van der Waals surface area contributed by atoms with Crippen molar-refractivity contribution in [2.45, 2.75) is 6.16 Å². The third kappa shape index (κ3) is 1.79. The summed E-state index contributed by atoms with van der Waals surface area (Å²) in [6, 6.07) is 0. The van der Waals surface area contributed by atoms with Crippen molar-refractivity contribution in [1.82, 2.24) is 20.2 Å². The van der Waals surface area contributed by atoms with Gasteiger partial charge in [-0.3, -0.25) is 9.66 Å². The van der Waals surface area contributed by atoms with Crippen LogP contribution in [0, 0.1) is 0 Å². The summed E-state index contributed by atoms with van der Waals surface area (Å²) in [5.41, 5.74) is 1.29. The molecule has 0 amide bonds. The molecule has 0 bridgehead atoms. The molecule has 3 N–H and O–H groups in total. The van der Waals surface area contributed by atoms with Crippen LogP contribution in [0.15, 0.2) is 12.5 Å². The molecular weight excluding hydrogens is 207 g/mol. The number of nitrogens with one attached hydrogen (secondary N) is 1. The predicted molar refractivity (Wildman–Crippen MR) is 47.4 cm³/mol. The SMILES string of the molecule is O=P(O)(O)Cc1ncnc2cn[nH]c12. The van der Waals surface area contributed by atoms with Gasteiger partial charge in [0.25, 0.3) is 0 Å². The zero-order valence-electron chi connectivity index (χ0n) is 6.95. The lowest BCUT2D eigenvalue weighted by Gasteiger charge is -2.02. The highest BCUT2D eigenvalue weighted by Gasteiger charge is 2.18. The van der Waals surface area contributed by atoms with Crippen molar-refractivity contribution < 1.29 is 14.4 Å². The van der Waals surface area contributed by atoms with Gasteiger partial charge in [0.15, 0.2) is 0 Å². The van der Waals surface area contributed by atoms with Crippen LogP contribution >= 0.6 is 7.60 Å².